The lowest BCUT2D eigenvalue weighted by molar-refractivity contribution is 0.284. The van der Waals surface area contributed by atoms with Gasteiger partial charge in [-0.2, -0.15) is 0 Å². The molecule has 0 spiro atoms. The summed E-state index contributed by atoms with van der Waals surface area (Å²) < 4.78 is 15.5. The van der Waals surface area contributed by atoms with Crippen molar-refractivity contribution in [2.45, 2.75) is 13.8 Å². The monoisotopic (exact) mass is 570 g/mol. The first kappa shape index (κ1) is 27.1. The number of aromatic amines is 1. The molecular formula is C32H32ClFN6O. The number of hydrogen-bond acceptors (Lipinski definition) is 5. The summed E-state index contributed by atoms with van der Waals surface area (Å²) >= 11 is 6.03. The Morgan fingerprint density at radius 2 is 1.80 bits per heavy atom. The fraction of sp³-hybridized carbons (Fsp3) is 0.250. The van der Waals surface area contributed by atoms with E-state index in [1.807, 2.05) is 55.8 Å². The SMILES string of the molecule is Cc1cc(F)ccc1Nc1nc2ccc3c(C)c(C=CCN4CCN(c5ccc(Cl)cc5)CC4)[nH]c(=O)c3c2n1C. The van der Waals surface area contributed by atoms with Gasteiger partial charge in [-0.1, -0.05) is 23.7 Å². The van der Waals surface area contributed by atoms with E-state index in [1.54, 1.807) is 6.07 Å². The second-order valence-electron chi connectivity index (χ2n) is 10.6. The van der Waals surface area contributed by atoms with Crippen LogP contribution in [-0.4, -0.2) is 52.2 Å². The Morgan fingerprint density at radius 1 is 1.05 bits per heavy atom. The van der Waals surface area contributed by atoms with E-state index in [0.717, 1.165) is 71.2 Å². The third kappa shape index (κ3) is 5.33. The van der Waals surface area contributed by atoms with E-state index >= 15 is 0 Å². The zero-order valence-corrected chi connectivity index (χ0v) is 24.1. The Kier molecular flexibility index (Phi) is 7.28. The van der Waals surface area contributed by atoms with Crippen LogP contribution < -0.4 is 15.8 Å². The minimum absolute atomic E-state index is 0.153. The summed E-state index contributed by atoms with van der Waals surface area (Å²) in [5.41, 5.74) is 5.87. The highest BCUT2D eigenvalue weighted by Crippen LogP contribution is 2.30. The number of anilines is 3. The topological polar surface area (TPSA) is 69.2 Å². The first-order chi connectivity index (χ1) is 19.8. The van der Waals surface area contributed by atoms with Crippen LogP contribution in [0.25, 0.3) is 27.9 Å². The van der Waals surface area contributed by atoms with E-state index in [2.05, 4.69) is 38.3 Å². The van der Waals surface area contributed by atoms with E-state index < -0.39 is 0 Å². The van der Waals surface area contributed by atoms with Crippen molar-refractivity contribution in [2.75, 3.05) is 42.9 Å². The van der Waals surface area contributed by atoms with Gasteiger partial charge in [0, 0.05) is 61.9 Å². The number of nitrogens with zero attached hydrogens (tertiary/aromatic N) is 4. The Bertz CT molecular complexity index is 1830. The summed E-state index contributed by atoms with van der Waals surface area (Å²) in [6.07, 6.45) is 4.14. The first-order valence-electron chi connectivity index (χ1n) is 13.7. The molecule has 1 aliphatic rings. The van der Waals surface area contributed by atoms with Crippen molar-refractivity contribution in [3.8, 4) is 0 Å². The second-order valence-corrected chi connectivity index (χ2v) is 11.0. The minimum atomic E-state index is -0.285. The molecule has 5 aromatic rings. The summed E-state index contributed by atoms with van der Waals surface area (Å²) in [4.78, 5) is 26.0. The van der Waals surface area contributed by atoms with Crippen LogP contribution >= 0.6 is 11.6 Å². The number of fused-ring (bicyclic) bond motifs is 3. The van der Waals surface area contributed by atoms with Crippen LogP contribution in [-0.2, 0) is 7.05 Å². The largest absolute Gasteiger partial charge is 0.369 e. The van der Waals surface area contributed by atoms with Gasteiger partial charge in [0.25, 0.3) is 5.56 Å². The fourth-order valence-corrected chi connectivity index (χ4v) is 5.72. The van der Waals surface area contributed by atoms with E-state index in [1.165, 1.54) is 17.8 Å². The van der Waals surface area contributed by atoms with E-state index in [-0.39, 0.29) is 11.4 Å². The molecule has 3 aromatic carbocycles. The maximum absolute atomic E-state index is 13.6. The van der Waals surface area contributed by atoms with Crippen molar-refractivity contribution in [2.24, 2.45) is 7.05 Å². The molecular weight excluding hydrogens is 539 g/mol. The number of pyridine rings is 1. The summed E-state index contributed by atoms with van der Waals surface area (Å²) in [7, 11) is 1.88. The molecule has 41 heavy (non-hydrogen) atoms. The quantitative estimate of drug-likeness (QED) is 0.247. The van der Waals surface area contributed by atoms with Gasteiger partial charge in [-0.15, -0.1) is 0 Å². The van der Waals surface area contributed by atoms with E-state index in [0.29, 0.717) is 16.9 Å². The Hall–Kier alpha value is -4.14. The molecule has 210 valence electrons. The lowest BCUT2D eigenvalue weighted by Crippen LogP contribution is -2.46. The zero-order valence-electron chi connectivity index (χ0n) is 23.3. The van der Waals surface area contributed by atoms with Gasteiger partial charge in [-0.05, 0) is 85.0 Å². The summed E-state index contributed by atoms with van der Waals surface area (Å²) in [5, 5.41) is 5.54. The van der Waals surface area contributed by atoms with Gasteiger partial charge in [-0.3, -0.25) is 9.69 Å². The molecule has 0 saturated carbocycles. The van der Waals surface area contributed by atoms with Crippen LogP contribution in [0.3, 0.4) is 0 Å². The van der Waals surface area contributed by atoms with Gasteiger partial charge in [0.15, 0.2) is 0 Å². The molecule has 0 aliphatic carbocycles. The molecule has 1 fully saturated rings. The van der Waals surface area contributed by atoms with Crippen LogP contribution in [0.2, 0.25) is 5.02 Å². The van der Waals surface area contributed by atoms with Crippen LogP contribution in [0.4, 0.5) is 21.7 Å². The molecule has 0 radical (unpaired) electrons. The normalized spacial score (nSPS) is 14.5. The lowest BCUT2D eigenvalue weighted by Gasteiger charge is -2.35. The Morgan fingerprint density at radius 3 is 2.54 bits per heavy atom. The molecule has 1 aliphatic heterocycles. The van der Waals surface area contributed by atoms with Crippen molar-refractivity contribution >= 4 is 56.8 Å². The van der Waals surface area contributed by atoms with E-state index in [9.17, 15) is 9.18 Å². The molecule has 7 nitrogen and oxygen atoms in total. The smallest absolute Gasteiger partial charge is 0.258 e. The number of nitrogens with one attached hydrogen (secondary N) is 2. The number of aromatic nitrogens is 3. The zero-order chi connectivity index (χ0) is 28.7. The number of halogens is 2. The van der Waals surface area contributed by atoms with Crippen LogP contribution in [0.15, 0.2) is 65.5 Å². The average molecular weight is 571 g/mol. The fourth-order valence-electron chi connectivity index (χ4n) is 5.60. The third-order valence-corrected chi connectivity index (χ3v) is 8.22. The summed E-state index contributed by atoms with van der Waals surface area (Å²) in [5.74, 6) is 0.298. The molecule has 0 atom stereocenters. The number of benzene rings is 3. The summed E-state index contributed by atoms with van der Waals surface area (Å²) in [6.45, 7) is 8.53. The highest BCUT2D eigenvalue weighted by atomic mass is 35.5. The lowest BCUT2D eigenvalue weighted by atomic mass is 10.0. The molecule has 2 aromatic heterocycles. The Balaban J connectivity index is 1.21. The number of aryl methyl sites for hydroxylation is 3. The number of piperazine rings is 1. The number of H-pyrrole nitrogens is 1. The molecule has 1 saturated heterocycles. The number of imidazole rings is 1. The average Bonchev–Trinajstić information content (AvgIpc) is 3.28. The molecule has 0 amide bonds. The molecule has 0 unspecified atom stereocenters. The van der Waals surface area contributed by atoms with Gasteiger partial charge < -0.3 is 19.8 Å². The maximum atomic E-state index is 13.6. The van der Waals surface area contributed by atoms with Crippen LogP contribution in [0, 0.1) is 19.7 Å². The molecule has 9 heteroatoms. The first-order valence-corrected chi connectivity index (χ1v) is 14.1. The van der Waals surface area contributed by atoms with Gasteiger partial charge in [0.05, 0.1) is 16.4 Å². The predicted molar refractivity (Wildman–Crippen MR) is 167 cm³/mol. The summed E-state index contributed by atoms with van der Waals surface area (Å²) in [6, 6.07) is 16.5. The van der Waals surface area contributed by atoms with Crippen molar-refractivity contribution in [3.05, 3.63) is 98.7 Å². The second kappa shape index (κ2) is 11.0. The predicted octanol–water partition coefficient (Wildman–Crippen LogP) is 6.40. The van der Waals surface area contributed by atoms with Gasteiger partial charge in [0.1, 0.15) is 5.82 Å². The minimum Gasteiger partial charge on any atom is -0.369 e. The van der Waals surface area contributed by atoms with Gasteiger partial charge in [-0.25, -0.2) is 9.37 Å². The molecule has 6 rings (SSSR count). The standard InChI is InChI=1S/C32H32ClFN6O/c1-20-19-23(34)8-12-26(20)36-32-37-28-13-11-25-21(2)27(35-31(41)29(25)30(28)38(32)3)5-4-14-39-15-17-40(18-16-39)24-9-6-22(33)7-10-24/h4-13,19H,14-18H2,1-3H3,(H,35,41)(H,36,37). The molecule has 3 heterocycles. The van der Waals surface area contributed by atoms with Gasteiger partial charge >= 0.3 is 0 Å². The third-order valence-electron chi connectivity index (χ3n) is 7.97. The highest BCUT2D eigenvalue weighted by Gasteiger charge is 2.18. The Labute approximate surface area is 242 Å². The van der Waals surface area contributed by atoms with Crippen LogP contribution in [0.5, 0.6) is 0 Å². The van der Waals surface area contributed by atoms with Crippen molar-refractivity contribution in [1.82, 2.24) is 19.4 Å². The van der Waals surface area contributed by atoms with Gasteiger partial charge in [0.2, 0.25) is 5.95 Å². The molecule has 0 bridgehead atoms. The highest BCUT2D eigenvalue weighted by molar-refractivity contribution is 6.30. The van der Waals surface area contributed by atoms with Crippen LogP contribution in [0.1, 0.15) is 16.8 Å². The molecule has 2 N–H and O–H groups in total. The number of rotatable bonds is 6. The van der Waals surface area contributed by atoms with Crippen molar-refractivity contribution in [3.63, 3.8) is 0 Å². The van der Waals surface area contributed by atoms with Crippen molar-refractivity contribution < 1.29 is 4.39 Å². The number of hydrogen-bond donors (Lipinski definition) is 2. The van der Waals surface area contributed by atoms with E-state index in [4.69, 9.17) is 16.6 Å². The van der Waals surface area contributed by atoms with Crippen molar-refractivity contribution in [1.29, 1.82) is 0 Å². The maximum Gasteiger partial charge on any atom is 0.258 e.